The molecule has 1 atom stereocenters. The predicted molar refractivity (Wildman–Crippen MR) is 114 cm³/mol. The van der Waals surface area contributed by atoms with Gasteiger partial charge in [0.05, 0.1) is 18.8 Å². The van der Waals surface area contributed by atoms with Gasteiger partial charge in [0, 0.05) is 46.9 Å². The molecule has 0 aromatic heterocycles. The molecular formula is C21H40N4O4. The first-order chi connectivity index (χ1) is 13.8. The van der Waals surface area contributed by atoms with Crippen LogP contribution in [0, 0.1) is 0 Å². The summed E-state index contributed by atoms with van der Waals surface area (Å²) in [5, 5.41) is 3.35. The van der Waals surface area contributed by atoms with Crippen LogP contribution >= 0.6 is 0 Å². The van der Waals surface area contributed by atoms with Crippen LogP contribution in [0.5, 0.6) is 0 Å². The van der Waals surface area contributed by atoms with Gasteiger partial charge < -0.3 is 29.3 Å². The second kappa shape index (κ2) is 11.6. The van der Waals surface area contributed by atoms with Gasteiger partial charge in [-0.15, -0.1) is 0 Å². The molecular weight excluding hydrogens is 372 g/mol. The number of likely N-dealkylation sites (tertiary alicyclic amines) is 1. The number of nitrogens with zero attached hydrogens (tertiary/aromatic N) is 3. The van der Waals surface area contributed by atoms with E-state index in [1.165, 1.54) is 12.8 Å². The van der Waals surface area contributed by atoms with E-state index in [4.69, 9.17) is 14.2 Å². The number of rotatable bonds is 6. The number of amides is 1. The fourth-order valence-corrected chi connectivity index (χ4v) is 3.52. The number of carbonyl (C=O) groups is 1. The first-order valence-electron chi connectivity index (χ1n) is 10.9. The Bertz CT molecular complexity index is 521. The zero-order valence-corrected chi connectivity index (χ0v) is 18.9. The van der Waals surface area contributed by atoms with Crippen molar-refractivity contribution in [3.63, 3.8) is 0 Å². The Morgan fingerprint density at radius 2 is 1.97 bits per heavy atom. The van der Waals surface area contributed by atoms with Gasteiger partial charge >= 0.3 is 6.09 Å². The average molecular weight is 413 g/mol. The predicted octanol–water partition coefficient (Wildman–Crippen LogP) is 2.48. The van der Waals surface area contributed by atoms with E-state index in [1.54, 1.807) is 19.0 Å². The van der Waals surface area contributed by atoms with Crippen molar-refractivity contribution in [2.45, 2.75) is 70.7 Å². The molecule has 1 N–H and O–H groups in total. The molecule has 1 amide bonds. The second-order valence-corrected chi connectivity index (χ2v) is 8.88. The Labute approximate surface area is 175 Å². The number of hydrogen-bond donors (Lipinski definition) is 1. The van der Waals surface area contributed by atoms with E-state index < -0.39 is 5.60 Å². The lowest BCUT2D eigenvalue weighted by molar-refractivity contribution is -0.0721. The Morgan fingerprint density at radius 1 is 1.24 bits per heavy atom. The van der Waals surface area contributed by atoms with Crippen molar-refractivity contribution >= 4 is 12.1 Å². The number of hydrogen-bond acceptors (Lipinski definition) is 5. The van der Waals surface area contributed by atoms with Crippen LogP contribution in [0.2, 0.25) is 0 Å². The molecule has 8 heteroatoms. The van der Waals surface area contributed by atoms with E-state index in [2.05, 4.69) is 15.2 Å². The van der Waals surface area contributed by atoms with Gasteiger partial charge in [0.1, 0.15) is 5.60 Å². The van der Waals surface area contributed by atoms with Gasteiger partial charge in [-0.25, -0.2) is 4.79 Å². The molecule has 0 aromatic rings. The fourth-order valence-electron chi connectivity index (χ4n) is 3.52. The highest BCUT2D eigenvalue weighted by molar-refractivity contribution is 5.80. The molecule has 0 bridgehead atoms. The van der Waals surface area contributed by atoms with Gasteiger partial charge in [0.25, 0.3) is 0 Å². The summed E-state index contributed by atoms with van der Waals surface area (Å²) in [5.41, 5.74) is -0.482. The SMILES string of the molecule is CN=C(NCCN(C)C(=O)OC(C)(C)C)N1CCC(OCC2CCCCO2)CC1. The number of carbonyl (C=O) groups excluding carboxylic acids is 1. The summed E-state index contributed by atoms with van der Waals surface area (Å²) >= 11 is 0. The first kappa shape index (κ1) is 23.7. The van der Waals surface area contributed by atoms with Crippen molar-refractivity contribution in [2.75, 3.05) is 53.5 Å². The lowest BCUT2D eigenvalue weighted by Gasteiger charge is -2.35. The third kappa shape index (κ3) is 8.78. The fraction of sp³-hybridized carbons (Fsp3) is 0.905. The van der Waals surface area contributed by atoms with Crippen LogP contribution < -0.4 is 5.32 Å². The minimum absolute atomic E-state index is 0.276. The molecule has 1 unspecified atom stereocenters. The van der Waals surface area contributed by atoms with Gasteiger partial charge in [-0.2, -0.15) is 0 Å². The van der Waals surface area contributed by atoms with Crippen LogP contribution in [0.4, 0.5) is 4.79 Å². The van der Waals surface area contributed by atoms with Crippen molar-refractivity contribution in [2.24, 2.45) is 4.99 Å². The van der Waals surface area contributed by atoms with Crippen molar-refractivity contribution in [1.82, 2.24) is 15.1 Å². The maximum Gasteiger partial charge on any atom is 0.410 e. The van der Waals surface area contributed by atoms with Crippen LogP contribution in [0.25, 0.3) is 0 Å². The summed E-state index contributed by atoms with van der Waals surface area (Å²) in [7, 11) is 3.54. The largest absolute Gasteiger partial charge is 0.444 e. The molecule has 168 valence electrons. The third-order valence-electron chi connectivity index (χ3n) is 5.18. The second-order valence-electron chi connectivity index (χ2n) is 8.88. The molecule has 0 aliphatic carbocycles. The number of piperidine rings is 1. The zero-order chi connectivity index (χ0) is 21.3. The maximum absolute atomic E-state index is 12.0. The lowest BCUT2D eigenvalue weighted by Crippen LogP contribution is -2.49. The van der Waals surface area contributed by atoms with Crippen molar-refractivity contribution in [1.29, 1.82) is 0 Å². The summed E-state index contributed by atoms with van der Waals surface area (Å²) in [6.45, 7) is 10.2. The highest BCUT2D eigenvalue weighted by atomic mass is 16.6. The van der Waals surface area contributed by atoms with Gasteiger partial charge in [-0.05, 0) is 52.9 Å². The quantitative estimate of drug-likeness (QED) is 0.534. The van der Waals surface area contributed by atoms with E-state index in [9.17, 15) is 4.79 Å². The zero-order valence-electron chi connectivity index (χ0n) is 18.9. The standard InChI is InChI=1S/C21H40N4O4/c1-21(2,3)29-20(26)24(5)14-11-23-19(22-4)25-12-9-17(10-13-25)28-16-18-8-6-7-15-27-18/h17-18H,6-16H2,1-5H3,(H,22,23). The van der Waals surface area contributed by atoms with Crippen LogP contribution in [0.3, 0.4) is 0 Å². The van der Waals surface area contributed by atoms with E-state index in [0.717, 1.165) is 44.9 Å². The topological polar surface area (TPSA) is 75.6 Å². The molecule has 0 radical (unpaired) electrons. The molecule has 2 aliphatic rings. The number of likely N-dealkylation sites (N-methyl/N-ethyl adjacent to an activating group) is 1. The molecule has 0 saturated carbocycles. The Hall–Kier alpha value is -1.54. The Kier molecular flexibility index (Phi) is 9.49. The van der Waals surface area contributed by atoms with E-state index in [0.29, 0.717) is 25.8 Å². The number of aliphatic imine (C=N–C) groups is 1. The molecule has 29 heavy (non-hydrogen) atoms. The van der Waals surface area contributed by atoms with E-state index in [-0.39, 0.29) is 12.2 Å². The normalized spacial score (nSPS) is 21.8. The highest BCUT2D eigenvalue weighted by Crippen LogP contribution is 2.18. The first-order valence-corrected chi connectivity index (χ1v) is 10.9. The maximum atomic E-state index is 12.0. The molecule has 0 spiro atoms. The van der Waals surface area contributed by atoms with Gasteiger partial charge in [0.2, 0.25) is 0 Å². The van der Waals surface area contributed by atoms with E-state index >= 15 is 0 Å². The van der Waals surface area contributed by atoms with Crippen LogP contribution in [-0.4, -0.2) is 93.1 Å². The molecule has 2 aliphatic heterocycles. The van der Waals surface area contributed by atoms with E-state index in [1.807, 2.05) is 20.8 Å². The molecule has 2 saturated heterocycles. The number of guanidine groups is 1. The minimum Gasteiger partial charge on any atom is -0.444 e. The average Bonchev–Trinajstić information content (AvgIpc) is 2.69. The summed E-state index contributed by atoms with van der Waals surface area (Å²) in [4.78, 5) is 20.3. The highest BCUT2D eigenvalue weighted by Gasteiger charge is 2.24. The summed E-state index contributed by atoms with van der Waals surface area (Å²) in [6, 6.07) is 0. The monoisotopic (exact) mass is 412 g/mol. The Balaban J connectivity index is 1.64. The third-order valence-corrected chi connectivity index (χ3v) is 5.18. The van der Waals surface area contributed by atoms with Crippen molar-refractivity contribution in [3.05, 3.63) is 0 Å². The van der Waals surface area contributed by atoms with Crippen molar-refractivity contribution < 1.29 is 19.0 Å². The lowest BCUT2D eigenvalue weighted by atomic mass is 10.1. The van der Waals surface area contributed by atoms with Crippen LogP contribution in [0.1, 0.15) is 52.9 Å². The number of nitrogens with one attached hydrogen (secondary N) is 1. The van der Waals surface area contributed by atoms with Gasteiger partial charge in [-0.3, -0.25) is 4.99 Å². The molecule has 0 aromatic carbocycles. The Morgan fingerprint density at radius 3 is 2.55 bits per heavy atom. The van der Waals surface area contributed by atoms with Gasteiger partial charge in [-0.1, -0.05) is 0 Å². The molecule has 2 rings (SSSR count). The molecule has 2 fully saturated rings. The van der Waals surface area contributed by atoms with Crippen LogP contribution in [0.15, 0.2) is 4.99 Å². The smallest absolute Gasteiger partial charge is 0.410 e. The summed E-state index contributed by atoms with van der Waals surface area (Å²) in [5.74, 6) is 0.872. The van der Waals surface area contributed by atoms with Crippen molar-refractivity contribution in [3.8, 4) is 0 Å². The van der Waals surface area contributed by atoms with Crippen LogP contribution in [-0.2, 0) is 14.2 Å². The minimum atomic E-state index is -0.482. The summed E-state index contributed by atoms with van der Waals surface area (Å²) < 4.78 is 17.2. The number of ether oxygens (including phenoxy) is 3. The molecule has 8 nitrogen and oxygen atoms in total. The summed E-state index contributed by atoms with van der Waals surface area (Å²) in [6.07, 6.45) is 5.79. The van der Waals surface area contributed by atoms with Gasteiger partial charge in [0.15, 0.2) is 5.96 Å². The molecule has 2 heterocycles.